The summed E-state index contributed by atoms with van der Waals surface area (Å²) in [4.78, 5) is 0. The van der Waals surface area contributed by atoms with Crippen LogP contribution in [0.3, 0.4) is 0 Å². The topological polar surface area (TPSA) is 0 Å². The zero-order valence-electron chi connectivity index (χ0n) is 19.0. The van der Waals surface area contributed by atoms with E-state index in [0.29, 0.717) is 11.5 Å². The van der Waals surface area contributed by atoms with Gasteiger partial charge in [-0.25, -0.2) is 4.39 Å². The van der Waals surface area contributed by atoms with Gasteiger partial charge < -0.3 is 0 Å². The predicted octanol–water partition coefficient (Wildman–Crippen LogP) is 9.23. The summed E-state index contributed by atoms with van der Waals surface area (Å²) in [5.41, 5.74) is 4.37. The lowest BCUT2D eigenvalue weighted by Crippen LogP contribution is -2.13. The van der Waals surface area contributed by atoms with Gasteiger partial charge in [0, 0.05) is 10.9 Å². The number of hydrogen-bond donors (Lipinski definition) is 0. The zero-order valence-corrected chi connectivity index (χ0v) is 19.0. The second kappa shape index (κ2) is 10.3. The van der Waals surface area contributed by atoms with E-state index in [-0.39, 0.29) is 5.82 Å². The van der Waals surface area contributed by atoms with Gasteiger partial charge in [-0.15, -0.1) is 0 Å². The van der Waals surface area contributed by atoms with E-state index < -0.39 is 0 Å². The van der Waals surface area contributed by atoms with Gasteiger partial charge >= 0.3 is 0 Å². The maximum absolute atomic E-state index is 15.3. The number of rotatable bonds is 7. The van der Waals surface area contributed by atoms with Gasteiger partial charge in [-0.2, -0.15) is 0 Å². The second-order valence-electron chi connectivity index (χ2n) is 9.22. The highest BCUT2D eigenvalue weighted by Gasteiger charge is 2.22. The van der Waals surface area contributed by atoms with Crippen molar-refractivity contribution < 1.29 is 4.39 Å². The van der Waals surface area contributed by atoms with E-state index >= 15 is 4.39 Å². The number of benzene rings is 3. The van der Waals surface area contributed by atoms with Gasteiger partial charge in [0.2, 0.25) is 0 Å². The van der Waals surface area contributed by atoms with Crippen LogP contribution < -0.4 is 0 Å². The van der Waals surface area contributed by atoms with E-state index in [1.165, 1.54) is 49.7 Å². The van der Waals surface area contributed by atoms with Crippen LogP contribution in [0.5, 0.6) is 0 Å². The molecule has 0 heterocycles. The molecule has 31 heavy (non-hydrogen) atoms. The van der Waals surface area contributed by atoms with Crippen molar-refractivity contribution in [3.8, 4) is 11.1 Å². The van der Waals surface area contributed by atoms with Crippen molar-refractivity contribution in [2.24, 2.45) is 5.92 Å². The monoisotopic (exact) mass is 414 g/mol. The predicted molar refractivity (Wildman–Crippen MR) is 132 cm³/mol. The van der Waals surface area contributed by atoms with E-state index in [9.17, 15) is 0 Å². The van der Waals surface area contributed by atoms with E-state index in [1.54, 1.807) is 0 Å². The van der Waals surface area contributed by atoms with E-state index in [0.717, 1.165) is 35.1 Å². The highest BCUT2D eigenvalue weighted by atomic mass is 19.1. The first-order valence-electron chi connectivity index (χ1n) is 12.1. The first-order valence-corrected chi connectivity index (χ1v) is 12.1. The maximum Gasteiger partial charge on any atom is 0.138 e. The molecule has 0 amide bonds. The van der Waals surface area contributed by atoms with Crippen LogP contribution >= 0.6 is 0 Å². The third kappa shape index (κ3) is 5.09. The van der Waals surface area contributed by atoms with Crippen molar-refractivity contribution in [2.45, 2.75) is 71.1 Å². The van der Waals surface area contributed by atoms with Crippen molar-refractivity contribution in [1.29, 1.82) is 0 Å². The molecule has 1 aliphatic rings. The smallest absolute Gasteiger partial charge is 0.138 e. The fraction of sp³-hybridized carbons (Fsp3) is 0.400. The van der Waals surface area contributed by atoms with E-state index in [2.05, 4.69) is 68.5 Å². The van der Waals surface area contributed by atoms with Crippen molar-refractivity contribution in [2.75, 3.05) is 0 Å². The molecule has 0 aromatic heterocycles. The Morgan fingerprint density at radius 2 is 1.71 bits per heavy atom. The summed E-state index contributed by atoms with van der Waals surface area (Å²) in [7, 11) is 0. The van der Waals surface area contributed by atoms with Crippen LogP contribution in [0.4, 0.5) is 4.39 Å². The molecule has 0 N–H and O–H groups in total. The Morgan fingerprint density at radius 3 is 2.42 bits per heavy atom. The van der Waals surface area contributed by atoms with Crippen LogP contribution in [0.2, 0.25) is 0 Å². The molecule has 1 saturated carbocycles. The lowest BCUT2D eigenvalue weighted by molar-refractivity contribution is 0.312. The van der Waals surface area contributed by atoms with Crippen LogP contribution in [-0.4, -0.2) is 0 Å². The largest absolute Gasteiger partial charge is 0.206 e. The molecule has 0 bridgehead atoms. The lowest BCUT2D eigenvalue weighted by Gasteiger charge is -2.28. The van der Waals surface area contributed by atoms with Crippen LogP contribution in [0.1, 0.15) is 75.8 Å². The summed E-state index contributed by atoms with van der Waals surface area (Å²) >= 11 is 0. The molecule has 3 aromatic carbocycles. The van der Waals surface area contributed by atoms with Crippen molar-refractivity contribution in [3.63, 3.8) is 0 Å². The fourth-order valence-corrected chi connectivity index (χ4v) is 5.23. The Morgan fingerprint density at radius 1 is 0.935 bits per heavy atom. The summed E-state index contributed by atoms with van der Waals surface area (Å²) in [5, 5.41) is 1.72. The van der Waals surface area contributed by atoms with Gasteiger partial charge in [-0.05, 0) is 85.8 Å². The van der Waals surface area contributed by atoms with Gasteiger partial charge in [0.05, 0.1) is 0 Å². The van der Waals surface area contributed by atoms with Crippen LogP contribution in [0.25, 0.3) is 21.9 Å². The van der Waals surface area contributed by atoms with Crippen LogP contribution in [0.15, 0.2) is 66.7 Å². The molecule has 1 aliphatic carbocycles. The van der Waals surface area contributed by atoms with Crippen molar-refractivity contribution in [1.82, 2.24) is 0 Å². The number of halogens is 1. The Bertz CT molecular complexity index is 1020. The molecule has 0 radical (unpaired) electrons. The molecule has 3 aromatic rings. The fourth-order valence-electron chi connectivity index (χ4n) is 5.23. The quantitative estimate of drug-likeness (QED) is 0.338. The summed E-state index contributed by atoms with van der Waals surface area (Å²) in [6.45, 7) is 4.28. The average Bonchev–Trinajstić information content (AvgIpc) is 2.80. The summed E-state index contributed by atoms with van der Waals surface area (Å²) in [6.07, 6.45) is 14.4. The summed E-state index contributed by atoms with van der Waals surface area (Å²) in [6, 6.07) is 18.8. The standard InChI is InChI=1S/C30H35F/c1-3-5-6-8-22-9-12-24(13-10-22)25-14-16-26(17-15-25)28-20-18-27-21-23(7-4-2)11-19-29(27)30(28)31/h3,5,11,14-22,24H,4,6-10,12-13H2,1-2H3/b5-3+. The molecule has 1 heteroatoms. The third-order valence-corrected chi connectivity index (χ3v) is 7.07. The minimum absolute atomic E-state index is 0.102. The van der Waals surface area contributed by atoms with Crippen molar-refractivity contribution in [3.05, 3.63) is 83.7 Å². The number of aryl methyl sites for hydroxylation is 1. The minimum Gasteiger partial charge on any atom is -0.206 e. The van der Waals surface area contributed by atoms with E-state index in [4.69, 9.17) is 0 Å². The Hall–Kier alpha value is -2.41. The lowest BCUT2D eigenvalue weighted by atomic mass is 9.77. The van der Waals surface area contributed by atoms with Crippen molar-refractivity contribution >= 4 is 10.8 Å². The zero-order chi connectivity index (χ0) is 21.6. The highest BCUT2D eigenvalue weighted by molar-refractivity contribution is 5.88. The summed E-state index contributed by atoms with van der Waals surface area (Å²) < 4.78 is 15.3. The highest BCUT2D eigenvalue weighted by Crippen LogP contribution is 2.38. The molecule has 0 saturated heterocycles. The molecule has 1 fully saturated rings. The SMILES string of the molecule is C/C=C/CCC1CCC(c2ccc(-c3ccc4cc(CCC)ccc4c3F)cc2)CC1. The first-order chi connectivity index (χ1) is 15.2. The molecule has 0 aliphatic heterocycles. The maximum atomic E-state index is 15.3. The van der Waals surface area contributed by atoms with E-state index in [1.807, 2.05) is 12.1 Å². The minimum atomic E-state index is -0.102. The number of fused-ring (bicyclic) bond motifs is 1. The molecular formula is C30H35F. The molecule has 0 spiro atoms. The number of hydrogen-bond acceptors (Lipinski definition) is 0. The van der Waals surface area contributed by atoms with Gasteiger partial charge in [0.15, 0.2) is 0 Å². The number of allylic oxidation sites excluding steroid dienone is 2. The molecule has 0 unspecified atom stereocenters. The first kappa shape index (κ1) is 21.8. The van der Waals surface area contributed by atoms with Crippen LogP contribution in [0, 0.1) is 11.7 Å². The van der Waals surface area contributed by atoms with Crippen LogP contribution in [-0.2, 0) is 6.42 Å². The Balaban J connectivity index is 1.46. The Kier molecular flexibility index (Phi) is 7.22. The van der Waals surface area contributed by atoms with Gasteiger partial charge in [-0.1, -0.05) is 80.1 Å². The second-order valence-corrected chi connectivity index (χ2v) is 9.22. The molecule has 0 nitrogen and oxygen atoms in total. The Labute approximate surface area is 187 Å². The molecule has 0 atom stereocenters. The van der Waals surface area contributed by atoms with Gasteiger partial charge in [0.1, 0.15) is 5.82 Å². The summed E-state index contributed by atoms with van der Waals surface area (Å²) in [5.74, 6) is 1.44. The third-order valence-electron chi connectivity index (χ3n) is 7.07. The van der Waals surface area contributed by atoms with Gasteiger partial charge in [0.25, 0.3) is 0 Å². The normalized spacial score (nSPS) is 19.3. The average molecular weight is 415 g/mol. The molecule has 162 valence electrons. The molecular weight excluding hydrogens is 379 g/mol. The molecule has 4 rings (SSSR count). The van der Waals surface area contributed by atoms with Gasteiger partial charge in [-0.3, -0.25) is 0 Å².